The van der Waals surface area contributed by atoms with Crippen molar-refractivity contribution >= 4 is 17.6 Å². The van der Waals surface area contributed by atoms with Gasteiger partial charge in [0.1, 0.15) is 11.5 Å². The first kappa shape index (κ1) is 15.8. The number of aromatic carboxylic acids is 2. The highest BCUT2D eigenvalue weighted by Crippen LogP contribution is 2.32. The van der Waals surface area contributed by atoms with Crippen molar-refractivity contribution in [1.82, 2.24) is 0 Å². The van der Waals surface area contributed by atoms with Crippen LogP contribution in [0.4, 0.5) is 5.69 Å². The van der Waals surface area contributed by atoms with Crippen LogP contribution in [-0.4, -0.2) is 32.2 Å². The molecule has 0 atom stereocenters. The van der Waals surface area contributed by atoms with Crippen LogP contribution < -0.4 is 4.74 Å². The maximum absolute atomic E-state index is 11.1. The topological polar surface area (TPSA) is 147 Å². The summed E-state index contributed by atoms with van der Waals surface area (Å²) >= 11 is 0. The fraction of sp³-hybridized carbons (Fsp3) is 0. The van der Waals surface area contributed by atoms with Crippen molar-refractivity contribution in [1.29, 1.82) is 0 Å². The highest BCUT2D eigenvalue weighted by Gasteiger charge is 2.18. The standard InChI is InChI=1S/C14H9NO8/c16-12-4-2-8(6-11(12)15(21)22)23-7-1-3-9(13(17)18)10(5-7)14(19)20/h1-6,16H,(H,17,18)(H,19,20). The Morgan fingerprint density at radius 1 is 0.957 bits per heavy atom. The molecule has 0 radical (unpaired) electrons. The molecule has 0 heterocycles. The second-order valence-corrected chi connectivity index (χ2v) is 4.33. The summed E-state index contributed by atoms with van der Waals surface area (Å²) in [4.78, 5) is 32.0. The van der Waals surface area contributed by atoms with Crippen molar-refractivity contribution in [2.75, 3.05) is 0 Å². The molecule has 9 heteroatoms. The molecule has 9 nitrogen and oxygen atoms in total. The van der Waals surface area contributed by atoms with Gasteiger partial charge in [0.2, 0.25) is 0 Å². The summed E-state index contributed by atoms with van der Waals surface area (Å²) in [5.74, 6) is -3.45. The second-order valence-electron chi connectivity index (χ2n) is 4.33. The van der Waals surface area contributed by atoms with Gasteiger partial charge in [-0.25, -0.2) is 9.59 Å². The fourth-order valence-electron chi connectivity index (χ4n) is 1.80. The van der Waals surface area contributed by atoms with E-state index in [2.05, 4.69) is 0 Å². The van der Waals surface area contributed by atoms with E-state index in [1.807, 2.05) is 0 Å². The molecule has 0 spiro atoms. The lowest BCUT2D eigenvalue weighted by Gasteiger charge is -2.08. The number of rotatable bonds is 5. The van der Waals surface area contributed by atoms with E-state index in [4.69, 9.17) is 14.9 Å². The Balaban J connectivity index is 2.39. The van der Waals surface area contributed by atoms with E-state index in [1.54, 1.807) is 0 Å². The number of carboxylic acid groups (broad SMARTS) is 2. The third-order valence-electron chi connectivity index (χ3n) is 2.83. The van der Waals surface area contributed by atoms with Crippen molar-refractivity contribution in [2.24, 2.45) is 0 Å². The summed E-state index contributed by atoms with van der Waals surface area (Å²) in [5.41, 5.74) is -1.48. The lowest BCUT2D eigenvalue weighted by Crippen LogP contribution is -2.07. The summed E-state index contributed by atoms with van der Waals surface area (Å²) in [7, 11) is 0. The van der Waals surface area contributed by atoms with Gasteiger partial charge in [-0.05, 0) is 30.3 Å². The molecule has 118 valence electrons. The van der Waals surface area contributed by atoms with Gasteiger partial charge < -0.3 is 20.1 Å². The minimum atomic E-state index is -1.45. The lowest BCUT2D eigenvalue weighted by molar-refractivity contribution is -0.385. The van der Waals surface area contributed by atoms with E-state index in [1.165, 1.54) is 12.1 Å². The summed E-state index contributed by atoms with van der Waals surface area (Å²) in [6, 6.07) is 6.51. The fourth-order valence-corrected chi connectivity index (χ4v) is 1.80. The Morgan fingerprint density at radius 2 is 1.52 bits per heavy atom. The van der Waals surface area contributed by atoms with E-state index in [0.29, 0.717) is 0 Å². The number of aromatic hydroxyl groups is 1. The Kier molecular flexibility index (Phi) is 4.12. The van der Waals surface area contributed by atoms with Crippen LogP contribution in [0.1, 0.15) is 20.7 Å². The monoisotopic (exact) mass is 319 g/mol. The van der Waals surface area contributed by atoms with Gasteiger partial charge in [-0.1, -0.05) is 0 Å². The molecule has 2 rings (SSSR count). The van der Waals surface area contributed by atoms with Gasteiger partial charge in [-0.3, -0.25) is 10.1 Å². The molecular weight excluding hydrogens is 310 g/mol. The van der Waals surface area contributed by atoms with Crippen LogP contribution in [0.25, 0.3) is 0 Å². The van der Waals surface area contributed by atoms with Crippen molar-refractivity contribution in [3.8, 4) is 17.2 Å². The maximum Gasteiger partial charge on any atom is 0.336 e. The number of hydrogen-bond acceptors (Lipinski definition) is 6. The lowest BCUT2D eigenvalue weighted by atomic mass is 10.1. The first-order chi connectivity index (χ1) is 10.8. The number of phenols is 1. The molecular formula is C14H9NO8. The van der Waals surface area contributed by atoms with E-state index in [9.17, 15) is 24.8 Å². The zero-order chi connectivity index (χ0) is 17.1. The van der Waals surface area contributed by atoms with E-state index in [0.717, 1.165) is 24.3 Å². The molecule has 0 bridgehead atoms. The van der Waals surface area contributed by atoms with E-state index < -0.39 is 39.4 Å². The molecule has 23 heavy (non-hydrogen) atoms. The number of carbonyl (C=O) groups is 2. The molecule has 0 aliphatic heterocycles. The zero-order valence-corrected chi connectivity index (χ0v) is 11.3. The maximum atomic E-state index is 11.1. The average molecular weight is 319 g/mol. The number of nitro groups is 1. The van der Waals surface area contributed by atoms with Crippen LogP contribution in [0.2, 0.25) is 0 Å². The molecule has 0 unspecified atom stereocenters. The molecule has 2 aromatic rings. The number of hydrogen-bond donors (Lipinski definition) is 3. The van der Waals surface area contributed by atoms with Crippen LogP contribution in [-0.2, 0) is 0 Å². The van der Waals surface area contributed by atoms with E-state index >= 15 is 0 Å². The van der Waals surface area contributed by atoms with Gasteiger partial charge in [0.05, 0.1) is 22.1 Å². The minimum absolute atomic E-state index is 0.0195. The summed E-state index contributed by atoms with van der Waals surface area (Å²) in [6.07, 6.45) is 0. The molecule has 0 aromatic heterocycles. The highest BCUT2D eigenvalue weighted by atomic mass is 16.6. The summed E-state index contributed by atoms with van der Waals surface area (Å²) < 4.78 is 5.28. The van der Waals surface area contributed by atoms with Gasteiger partial charge in [0.15, 0.2) is 5.75 Å². The quantitative estimate of drug-likeness (QED) is 0.562. The van der Waals surface area contributed by atoms with Crippen LogP contribution in [0.3, 0.4) is 0 Å². The number of nitro benzene ring substituents is 1. The van der Waals surface area contributed by atoms with Crippen molar-refractivity contribution in [2.45, 2.75) is 0 Å². The predicted octanol–water partition coefficient (Wildman–Crippen LogP) is 2.49. The van der Waals surface area contributed by atoms with Gasteiger partial charge in [-0.2, -0.15) is 0 Å². The number of carboxylic acids is 2. The molecule has 2 aromatic carbocycles. The van der Waals surface area contributed by atoms with Crippen LogP contribution in [0.5, 0.6) is 17.2 Å². The zero-order valence-electron chi connectivity index (χ0n) is 11.3. The Labute approximate surface area is 128 Å². The largest absolute Gasteiger partial charge is 0.502 e. The number of ether oxygens (including phenoxy) is 1. The molecule has 0 saturated heterocycles. The second kappa shape index (κ2) is 6.02. The molecule has 3 N–H and O–H groups in total. The van der Waals surface area contributed by atoms with Crippen LogP contribution in [0.15, 0.2) is 36.4 Å². The van der Waals surface area contributed by atoms with Gasteiger partial charge in [0.25, 0.3) is 0 Å². The van der Waals surface area contributed by atoms with Crippen molar-refractivity contribution in [3.63, 3.8) is 0 Å². The number of phenolic OH excluding ortho intramolecular Hbond substituents is 1. The predicted molar refractivity (Wildman–Crippen MR) is 75.2 cm³/mol. The number of benzene rings is 2. The normalized spacial score (nSPS) is 10.1. The molecule has 0 fully saturated rings. The number of nitrogens with zero attached hydrogens (tertiary/aromatic N) is 1. The SMILES string of the molecule is O=C(O)c1ccc(Oc2ccc(O)c([N+](=O)[O-])c2)cc1C(=O)O. The highest BCUT2D eigenvalue weighted by molar-refractivity contribution is 6.02. The average Bonchev–Trinajstić information content (AvgIpc) is 2.48. The summed E-state index contributed by atoms with van der Waals surface area (Å²) in [5, 5.41) is 38.0. The third-order valence-corrected chi connectivity index (χ3v) is 2.83. The van der Waals surface area contributed by atoms with Gasteiger partial charge in [0, 0.05) is 0 Å². The van der Waals surface area contributed by atoms with E-state index in [-0.39, 0.29) is 11.5 Å². The van der Waals surface area contributed by atoms with Gasteiger partial charge >= 0.3 is 17.6 Å². The molecule has 0 aliphatic carbocycles. The molecule has 0 amide bonds. The van der Waals surface area contributed by atoms with Crippen LogP contribution >= 0.6 is 0 Å². The van der Waals surface area contributed by atoms with Crippen molar-refractivity contribution in [3.05, 3.63) is 57.6 Å². The third kappa shape index (κ3) is 3.35. The van der Waals surface area contributed by atoms with Crippen LogP contribution in [0, 0.1) is 10.1 Å². The Morgan fingerprint density at radius 3 is 2.09 bits per heavy atom. The molecule has 0 saturated carbocycles. The Bertz CT molecular complexity index is 814. The molecule has 0 aliphatic rings. The van der Waals surface area contributed by atoms with Crippen molar-refractivity contribution < 1.29 is 34.6 Å². The smallest absolute Gasteiger partial charge is 0.336 e. The summed E-state index contributed by atoms with van der Waals surface area (Å²) in [6.45, 7) is 0. The first-order valence-corrected chi connectivity index (χ1v) is 6.05. The first-order valence-electron chi connectivity index (χ1n) is 6.05. The Hall–Kier alpha value is -3.62. The minimum Gasteiger partial charge on any atom is -0.502 e. The van der Waals surface area contributed by atoms with Gasteiger partial charge in [-0.15, -0.1) is 0 Å².